The molecule has 6 rings (SSSR count). The number of nitrogens with two attached hydrogens (primary N) is 1. The molecule has 1 aromatic heterocycles. The van der Waals surface area contributed by atoms with Crippen LogP contribution in [-0.2, 0) is 19.0 Å². The van der Waals surface area contributed by atoms with Gasteiger partial charge in [0.2, 0.25) is 0 Å². The molecule has 5 aliphatic rings. The van der Waals surface area contributed by atoms with Gasteiger partial charge in [-0.05, 0) is 108 Å². The number of tetrazole rings is 1. The maximum Gasteiger partial charge on any atom is 0.307 e. The highest BCUT2D eigenvalue weighted by atomic mass is 16.5. The van der Waals surface area contributed by atoms with Crippen molar-refractivity contribution < 1.29 is 24.1 Å². The molecule has 51 heavy (non-hydrogen) atoms. The van der Waals surface area contributed by atoms with Gasteiger partial charge in [-0.1, -0.05) is 79.1 Å². The number of carboxylic acid groups (broad SMARTS) is 1. The van der Waals surface area contributed by atoms with Gasteiger partial charge in [0.25, 0.3) is 5.95 Å². The van der Waals surface area contributed by atoms with E-state index in [1.54, 1.807) is 11.9 Å². The second-order valence-electron chi connectivity index (χ2n) is 18.9. The highest BCUT2D eigenvalue weighted by Crippen LogP contribution is 2.74. The van der Waals surface area contributed by atoms with E-state index >= 15 is 0 Å². The third kappa shape index (κ3) is 5.90. The summed E-state index contributed by atoms with van der Waals surface area (Å²) >= 11 is 0. The van der Waals surface area contributed by atoms with Crippen molar-refractivity contribution in [2.45, 2.75) is 131 Å². The van der Waals surface area contributed by atoms with Crippen LogP contribution in [0.2, 0.25) is 0 Å². The number of hydrogen-bond donors (Lipinski definition) is 3. The molecule has 11 atom stereocenters. The number of carboxylic acids is 1. The van der Waals surface area contributed by atoms with Gasteiger partial charge in [-0.25, -0.2) is 0 Å². The number of nitrogens with one attached hydrogen (secondary N) is 1. The SMILES string of the molecule is CCNC1(CO[C@H]2[C@H](n3nnc(N)n3)C[C@]3(C)C4=CC[C@@]5(C)[C@H](C(=O)O)[C@@](C)([C@H](C)C(C)C)CC[C@]5(C)[C@H]4CC[C@H]3C2(C)COC)CCOCC1. The Hall–Kier alpha value is -2.08. The minimum Gasteiger partial charge on any atom is -0.481 e. The molecule has 1 unspecified atom stereocenters. The topological polar surface area (TPSA) is 147 Å². The molecule has 0 amide bonds. The second kappa shape index (κ2) is 13.6. The van der Waals surface area contributed by atoms with Gasteiger partial charge in [0, 0.05) is 31.3 Å². The number of nitrogens with zero attached hydrogens (tertiary/aromatic N) is 4. The number of rotatable bonds is 11. The van der Waals surface area contributed by atoms with Gasteiger partial charge in [-0.2, -0.15) is 4.80 Å². The van der Waals surface area contributed by atoms with Crippen molar-refractivity contribution in [3.8, 4) is 0 Å². The van der Waals surface area contributed by atoms with E-state index in [-0.39, 0.29) is 62.5 Å². The molecule has 3 saturated carbocycles. The first-order chi connectivity index (χ1) is 24.0. The number of fused-ring (bicyclic) bond motifs is 5. The molecule has 1 aromatic rings. The number of hydrogen-bond acceptors (Lipinski definition) is 9. The molecule has 0 radical (unpaired) electrons. The Kier molecular flexibility index (Phi) is 10.3. The number of nitrogen functional groups attached to an aromatic ring is 1. The number of ether oxygens (including phenoxy) is 3. The summed E-state index contributed by atoms with van der Waals surface area (Å²) in [6.07, 6.45) is 9.62. The Morgan fingerprint density at radius 2 is 1.78 bits per heavy atom. The van der Waals surface area contributed by atoms with Crippen LogP contribution in [0.4, 0.5) is 5.95 Å². The van der Waals surface area contributed by atoms with Crippen molar-refractivity contribution in [2.24, 2.45) is 56.7 Å². The van der Waals surface area contributed by atoms with Crippen LogP contribution in [0.3, 0.4) is 0 Å². The molecule has 4 aliphatic carbocycles. The predicted octanol–water partition coefficient (Wildman–Crippen LogP) is 6.56. The van der Waals surface area contributed by atoms with Gasteiger partial charge < -0.3 is 30.4 Å². The van der Waals surface area contributed by atoms with Gasteiger partial charge in [-0.3, -0.25) is 4.79 Å². The summed E-state index contributed by atoms with van der Waals surface area (Å²) in [6.45, 7) is 24.2. The van der Waals surface area contributed by atoms with E-state index in [0.29, 0.717) is 38.3 Å². The van der Waals surface area contributed by atoms with Crippen molar-refractivity contribution in [2.75, 3.05) is 45.8 Å². The van der Waals surface area contributed by atoms with Gasteiger partial charge in [0.15, 0.2) is 0 Å². The van der Waals surface area contributed by atoms with Gasteiger partial charge in [0.1, 0.15) is 6.04 Å². The lowest BCUT2D eigenvalue weighted by Gasteiger charge is -2.70. The van der Waals surface area contributed by atoms with E-state index < -0.39 is 11.9 Å². The highest BCUT2D eigenvalue weighted by molar-refractivity contribution is 5.73. The smallest absolute Gasteiger partial charge is 0.307 e. The van der Waals surface area contributed by atoms with Crippen LogP contribution in [0.25, 0.3) is 0 Å². The first-order valence-corrected chi connectivity index (χ1v) is 19.9. The average Bonchev–Trinajstić information content (AvgIpc) is 3.50. The summed E-state index contributed by atoms with van der Waals surface area (Å²) in [5, 5.41) is 28.1. The molecular formula is C40H68N6O5. The minimum absolute atomic E-state index is 0.151. The van der Waals surface area contributed by atoms with Crippen molar-refractivity contribution in [1.29, 1.82) is 0 Å². The highest BCUT2D eigenvalue weighted by Gasteiger charge is 2.70. The Labute approximate surface area is 306 Å². The number of likely N-dealkylation sites (N-methyl/N-ethyl adjacent to an activating group) is 1. The number of aromatic nitrogens is 4. The van der Waals surface area contributed by atoms with Crippen LogP contribution in [-0.4, -0.2) is 83.0 Å². The van der Waals surface area contributed by atoms with Crippen LogP contribution in [0.1, 0.15) is 120 Å². The molecule has 4 N–H and O–H groups in total. The Morgan fingerprint density at radius 1 is 1.08 bits per heavy atom. The van der Waals surface area contributed by atoms with Gasteiger partial charge in [-0.15, -0.1) is 5.10 Å². The van der Waals surface area contributed by atoms with Gasteiger partial charge >= 0.3 is 5.97 Å². The van der Waals surface area contributed by atoms with E-state index in [1.807, 2.05) is 0 Å². The molecule has 1 aliphatic heterocycles. The Balaban J connectivity index is 1.43. The van der Waals surface area contributed by atoms with Gasteiger partial charge in [0.05, 0.1) is 25.2 Å². The third-order valence-electron chi connectivity index (χ3n) is 16.3. The van der Waals surface area contributed by atoms with Crippen molar-refractivity contribution in [3.63, 3.8) is 0 Å². The number of methoxy groups -OCH3 is 1. The Bertz CT molecular complexity index is 1450. The molecular weight excluding hydrogens is 644 g/mol. The zero-order valence-electron chi connectivity index (χ0n) is 33.3. The minimum atomic E-state index is -0.629. The number of carbonyl (C=O) groups is 1. The lowest BCUT2D eigenvalue weighted by atomic mass is 9.34. The molecule has 11 nitrogen and oxygen atoms in total. The van der Waals surface area contributed by atoms with Crippen LogP contribution >= 0.6 is 0 Å². The Morgan fingerprint density at radius 3 is 2.37 bits per heavy atom. The normalized spacial score (nSPS) is 42.7. The molecule has 11 heteroatoms. The van der Waals surface area contributed by atoms with Crippen molar-refractivity contribution in [3.05, 3.63) is 11.6 Å². The summed E-state index contributed by atoms with van der Waals surface area (Å²) in [4.78, 5) is 15.2. The average molecular weight is 713 g/mol. The predicted molar refractivity (Wildman–Crippen MR) is 198 cm³/mol. The fraction of sp³-hybridized carbons (Fsp3) is 0.900. The maximum absolute atomic E-state index is 13.5. The van der Waals surface area contributed by atoms with E-state index in [1.165, 1.54) is 5.57 Å². The molecule has 288 valence electrons. The number of aliphatic carboxylic acids is 1. The van der Waals surface area contributed by atoms with Crippen LogP contribution in [0, 0.1) is 56.7 Å². The number of anilines is 1. The fourth-order valence-corrected chi connectivity index (χ4v) is 13.1. The zero-order chi connectivity index (χ0) is 37.2. The summed E-state index contributed by atoms with van der Waals surface area (Å²) in [6, 6.07) is -0.219. The molecule has 0 bridgehead atoms. The molecule has 4 fully saturated rings. The molecule has 0 aromatic carbocycles. The van der Waals surface area contributed by atoms with Crippen molar-refractivity contribution >= 4 is 11.9 Å². The molecule has 1 saturated heterocycles. The standard InChI is InChI=1S/C40H68N6O5/c1-11-42-40(18-20-50-21-19-40)24-51-32-29(46-44-34(41)43-45-46)22-36(6)27-14-15-39(9)31(33(47)48)35(5,26(4)25(2)3)16-17-38(39,8)28(27)12-13-30(36)37(32,7)23-49-10/h14,25-26,28-32,42H,11-13,15-24H2,1-10H3,(H2,41,44)(H,47,48)/t26-,28+,29-,30-,31-,32+,35-,36-,37?,38-,39+/m1/s1. The third-order valence-corrected chi connectivity index (χ3v) is 16.3. The van der Waals surface area contributed by atoms with Crippen molar-refractivity contribution in [1.82, 2.24) is 25.5 Å². The van der Waals surface area contributed by atoms with E-state index in [9.17, 15) is 9.90 Å². The quantitative estimate of drug-likeness (QED) is 0.216. The van der Waals surface area contributed by atoms with E-state index in [0.717, 1.165) is 57.9 Å². The lowest BCUT2D eigenvalue weighted by molar-refractivity contribution is -0.214. The summed E-state index contributed by atoms with van der Waals surface area (Å²) in [5.41, 5.74) is 6.09. The zero-order valence-corrected chi connectivity index (χ0v) is 33.3. The lowest BCUT2D eigenvalue weighted by Crippen LogP contribution is -2.66. The largest absolute Gasteiger partial charge is 0.481 e. The van der Waals surface area contributed by atoms with E-state index in [4.69, 9.17) is 19.9 Å². The molecule has 0 spiro atoms. The summed E-state index contributed by atoms with van der Waals surface area (Å²) in [7, 11) is 1.80. The first kappa shape index (κ1) is 38.6. The monoisotopic (exact) mass is 713 g/mol. The molecule has 2 heterocycles. The fourth-order valence-electron chi connectivity index (χ4n) is 13.1. The maximum atomic E-state index is 13.5. The second-order valence-corrected chi connectivity index (χ2v) is 18.9. The first-order valence-electron chi connectivity index (χ1n) is 19.9. The summed E-state index contributed by atoms with van der Waals surface area (Å²) < 4.78 is 19.1. The number of allylic oxidation sites excluding steroid dienone is 2. The summed E-state index contributed by atoms with van der Waals surface area (Å²) in [5.74, 6) is 0.394. The van der Waals surface area contributed by atoms with Crippen LogP contribution in [0.15, 0.2) is 11.6 Å². The van der Waals surface area contributed by atoms with Crippen LogP contribution < -0.4 is 11.1 Å². The van der Waals surface area contributed by atoms with Crippen LogP contribution in [0.5, 0.6) is 0 Å². The van der Waals surface area contributed by atoms with E-state index in [2.05, 4.69) is 89.1 Å².